The van der Waals surface area contributed by atoms with Gasteiger partial charge in [0.2, 0.25) is 0 Å². The van der Waals surface area contributed by atoms with Crippen LogP contribution in [0.15, 0.2) is 52.2 Å². The number of ether oxygens (including phenoxy) is 2. The summed E-state index contributed by atoms with van der Waals surface area (Å²) in [5, 5.41) is 9.55. The van der Waals surface area contributed by atoms with E-state index in [1.807, 2.05) is 36.4 Å². The van der Waals surface area contributed by atoms with Gasteiger partial charge in [-0.3, -0.25) is 4.57 Å². The van der Waals surface area contributed by atoms with Gasteiger partial charge in [-0.05, 0) is 36.4 Å². The van der Waals surface area contributed by atoms with Gasteiger partial charge in [0.15, 0.2) is 11.0 Å². The van der Waals surface area contributed by atoms with Gasteiger partial charge in [-0.25, -0.2) is 0 Å². The minimum Gasteiger partial charge on any atom is -0.497 e. The second-order valence-electron chi connectivity index (χ2n) is 5.04. The monoisotopic (exact) mass is 345 g/mol. The molecule has 2 aromatic heterocycles. The van der Waals surface area contributed by atoms with Crippen molar-refractivity contribution in [3.63, 3.8) is 0 Å². The lowest BCUT2D eigenvalue weighted by molar-refractivity contribution is 0.218. The topological polar surface area (TPSA) is 62.3 Å². The SMILES string of the molecule is COCCSc1nnc(-c2ccc(OC)cc2)n1Cc1ccco1. The highest BCUT2D eigenvalue weighted by Gasteiger charge is 2.15. The molecule has 2 heterocycles. The third-order valence-corrected chi connectivity index (χ3v) is 4.41. The maximum absolute atomic E-state index is 5.48. The summed E-state index contributed by atoms with van der Waals surface area (Å²) in [6.07, 6.45) is 1.67. The fraction of sp³-hybridized carbons (Fsp3) is 0.294. The number of thioether (sulfide) groups is 1. The molecule has 0 spiro atoms. The second kappa shape index (κ2) is 8.03. The number of methoxy groups -OCH3 is 2. The summed E-state index contributed by atoms with van der Waals surface area (Å²) in [6, 6.07) is 11.6. The van der Waals surface area contributed by atoms with E-state index < -0.39 is 0 Å². The Morgan fingerprint density at radius 2 is 1.96 bits per heavy atom. The number of aromatic nitrogens is 3. The first-order valence-corrected chi connectivity index (χ1v) is 8.52. The second-order valence-corrected chi connectivity index (χ2v) is 6.10. The molecular formula is C17H19N3O3S. The fourth-order valence-corrected chi connectivity index (χ4v) is 3.10. The zero-order chi connectivity index (χ0) is 16.8. The molecule has 0 unspecified atom stereocenters. The molecule has 24 heavy (non-hydrogen) atoms. The van der Waals surface area contributed by atoms with E-state index in [1.54, 1.807) is 32.2 Å². The Bertz CT molecular complexity index is 754. The first-order chi connectivity index (χ1) is 11.8. The summed E-state index contributed by atoms with van der Waals surface area (Å²) in [7, 11) is 3.34. The highest BCUT2D eigenvalue weighted by molar-refractivity contribution is 7.99. The minimum absolute atomic E-state index is 0.580. The van der Waals surface area contributed by atoms with Crippen LogP contribution in [0.5, 0.6) is 5.75 Å². The van der Waals surface area contributed by atoms with Gasteiger partial charge in [0, 0.05) is 18.4 Å². The molecule has 1 aromatic carbocycles. The summed E-state index contributed by atoms with van der Waals surface area (Å²) >= 11 is 1.61. The van der Waals surface area contributed by atoms with Crippen LogP contribution in [0.4, 0.5) is 0 Å². The predicted molar refractivity (Wildman–Crippen MR) is 92.4 cm³/mol. The van der Waals surface area contributed by atoms with Crippen molar-refractivity contribution in [1.82, 2.24) is 14.8 Å². The zero-order valence-corrected chi connectivity index (χ0v) is 14.5. The Labute approximate surface area is 144 Å². The Hall–Kier alpha value is -2.25. The highest BCUT2D eigenvalue weighted by atomic mass is 32.2. The smallest absolute Gasteiger partial charge is 0.192 e. The third kappa shape index (κ3) is 3.80. The number of hydrogen-bond acceptors (Lipinski definition) is 6. The predicted octanol–water partition coefficient (Wildman–Crippen LogP) is 3.33. The van der Waals surface area contributed by atoms with Crippen LogP contribution in [-0.4, -0.2) is 41.3 Å². The third-order valence-electron chi connectivity index (χ3n) is 3.48. The molecule has 7 heteroatoms. The molecule has 0 amide bonds. The van der Waals surface area contributed by atoms with Crippen molar-refractivity contribution in [2.24, 2.45) is 0 Å². The van der Waals surface area contributed by atoms with E-state index >= 15 is 0 Å². The van der Waals surface area contributed by atoms with E-state index in [2.05, 4.69) is 14.8 Å². The van der Waals surface area contributed by atoms with Gasteiger partial charge < -0.3 is 13.9 Å². The summed E-state index contributed by atoms with van der Waals surface area (Å²) in [6.45, 7) is 1.24. The van der Waals surface area contributed by atoms with Crippen molar-refractivity contribution in [3.8, 4) is 17.1 Å². The van der Waals surface area contributed by atoms with Crippen molar-refractivity contribution in [2.75, 3.05) is 26.6 Å². The van der Waals surface area contributed by atoms with Crippen molar-refractivity contribution < 1.29 is 13.9 Å². The van der Waals surface area contributed by atoms with Gasteiger partial charge in [-0.2, -0.15) is 0 Å². The van der Waals surface area contributed by atoms with Crippen LogP contribution in [0.25, 0.3) is 11.4 Å². The molecule has 0 aliphatic carbocycles. The van der Waals surface area contributed by atoms with Crippen LogP contribution < -0.4 is 4.74 Å². The molecule has 0 saturated carbocycles. The average molecular weight is 345 g/mol. The van der Waals surface area contributed by atoms with E-state index in [0.717, 1.165) is 33.8 Å². The van der Waals surface area contributed by atoms with E-state index in [4.69, 9.17) is 13.9 Å². The number of nitrogens with zero attached hydrogens (tertiary/aromatic N) is 3. The quantitative estimate of drug-likeness (QED) is 0.461. The first kappa shape index (κ1) is 16.6. The van der Waals surface area contributed by atoms with Crippen molar-refractivity contribution in [1.29, 1.82) is 0 Å². The van der Waals surface area contributed by atoms with Crippen molar-refractivity contribution in [2.45, 2.75) is 11.7 Å². The molecule has 0 fully saturated rings. The maximum Gasteiger partial charge on any atom is 0.192 e. The molecular weight excluding hydrogens is 326 g/mol. The fourth-order valence-electron chi connectivity index (χ4n) is 2.27. The average Bonchev–Trinajstić information content (AvgIpc) is 3.26. The number of furan rings is 1. The molecule has 126 valence electrons. The standard InChI is InChI=1S/C17H19N3O3S/c1-21-10-11-24-17-19-18-16(13-5-7-14(22-2)8-6-13)20(17)12-15-4-3-9-23-15/h3-9H,10-12H2,1-2H3. The normalized spacial score (nSPS) is 10.9. The molecule has 0 bridgehead atoms. The molecule has 3 rings (SSSR count). The van der Waals surface area contributed by atoms with Crippen LogP contribution in [0.3, 0.4) is 0 Å². The van der Waals surface area contributed by atoms with Gasteiger partial charge in [0.1, 0.15) is 11.5 Å². The van der Waals surface area contributed by atoms with Crippen LogP contribution in [0.1, 0.15) is 5.76 Å². The van der Waals surface area contributed by atoms with Crippen molar-refractivity contribution in [3.05, 3.63) is 48.4 Å². The lowest BCUT2D eigenvalue weighted by atomic mass is 10.2. The Morgan fingerprint density at radius 1 is 1.12 bits per heavy atom. The number of benzene rings is 1. The lowest BCUT2D eigenvalue weighted by Gasteiger charge is -2.09. The maximum atomic E-state index is 5.48. The molecule has 0 aliphatic rings. The van der Waals surface area contributed by atoms with E-state index in [0.29, 0.717) is 13.2 Å². The Balaban J connectivity index is 1.91. The van der Waals surface area contributed by atoms with Crippen LogP contribution in [0.2, 0.25) is 0 Å². The van der Waals surface area contributed by atoms with Crippen LogP contribution in [-0.2, 0) is 11.3 Å². The van der Waals surface area contributed by atoms with E-state index in [-0.39, 0.29) is 0 Å². The lowest BCUT2D eigenvalue weighted by Crippen LogP contribution is -2.04. The molecule has 0 aliphatic heterocycles. The Morgan fingerprint density at radius 3 is 2.62 bits per heavy atom. The largest absolute Gasteiger partial charge is 0.497 e. The zero-order valence-electron chi connectivity index (χ0n) is 13.6. The first-order valence-electron chi connectivity index (χ1n) is 7.53. The van der Waals surface area contributed by atoms with Gasteiger partial charge in [0.25, 0.3) is 0 Å². The van der Waals surface area contributed by atoms with Crippen molar-refractivity contribution >= 4 is 11.8 Å². The molecule has 3 aromatic rings. The minimum atomic E-state index is 0.580. The highest BCUT2D eigenvalue weighted by Crippen LogP contribution is 2.26. The van der Waals surface area contributed by atoms with E-state index in [1.165, 1.54) is 0 Å². The number of hydrogen-bond donors (Lipinski definition) is 0. The van der Waals surface area contributed by atoms with Gasteiger partial charge >= 0.3 is 0 Å². The molecule has 0 atom stereocenters. The van der Waals surface area contributed by atoms with Gasteiger partial charge in [-0.1, -0.05) is 11.8 Å². The molecule has 0 N–H and O–H groups in total. The van der Waals surface area contributed by atoms with E-state index in [9.17, 15) is 0 Å². The van der Waals surface area contributed by atoms with Crippen LogP contribution >= 0.6 is 11.8 Å². The summed E-state index contributed by atoms with van der Waals surface area (Å²) < 4.78 is 17.9. The van der Waals surface area contributed by atoms with Gasteiger partial charge in [0.05, 0.1) is 26.5 Å². The summed E-state index contributed by atoms with van der Waals surface area (Å²) in [5.41, 5.74) is 0.980. The Kier molecular flexibility index (Phi) is 5.55. The molecule has 6 nitrogen and oxygen atoms in total. The van der Waals surface area contributed by atoms with Crippen LogP contribution in [0, 0.1) is 0 Å². The summed E-state index contributed by atoms with van der Waals surface area (Å²) in [5.74, 6) is 3.28. The molecule has 0 saturated heterocycles. The molecule has 0 radical (unpaired) electrons. The number of rotatable bonds is 8. The van der Waals surface area contributed by atoms with Gasteiger partial charge in [-0.15, -0.1) is 10.2 Å². The summed E-state index contributed by atoms with van der Waals surface area (Å²) in [4.78, 5) is 0.